The van der Waals surface area contributed by atoms with Crippen LogP contribution in [0.4, 0.5) is 0 Å². The Balaban J connectivity index is 2.10. The third kappa shape index (κ3) is 2.80. The van der Waals surface area contributed by atoms with E-state index in [1.54, 1.807) is 16.7 Å². The van der Waals surface area contributed by atoms with Crippen LogP contribution in [0.25, 0.3) is 0 Å². The highest BCUT2D eigenvalue weighted by Gasteiger charge is 2.38. The Hall–Kier alpha value is -1.70. The second-order valence-electron chi connectivity index (χ2n) is 5.51. The maximum Gasteiger partial charge on any atom is 0.282 e. The Morgan fingerprint density at radius 3 is 2.52 bits per heavy atom. The molecule has 1 atom stereocenters. The van der Waals surface area contributed by atoms with E-state index in [0.29, 0.717) is 26.2 Å². The molecule has 23 heavy (non-hydrogen) atoms. The summed E-state index contributed by atoms with van der Waals surface area (Å²) in [5.41, 5.74) is 1.94. The van der Waals surface area contributed by atoms with Gasteiger partial charge in [-0.25, -0.2) is 0 Å². The Morgan fingerprint density at radius 1 is 1.17 bits per heavy atom. The van der Waals surface area contributed by atoms with Gasteiger partial charge < -0.3 is 4.57 Å². The molecular formula is C16H22N4O2S. The van der Waals surface area contributed by atoms with Crippen LogP contribution in [-0.4, -0.2) is 46.2 Å². The van der Waals surface area contributed by atoms with Gasteiger partial charge in [-0.1, -0.05) is 13.8 Å². The molecule has 0 saturated carbocycles. The molecule has 1 unspecified atom stereocenters. The minimum Gasteiger partial charge on any atom is -0.348 e. The van der Waals surface area contributed by atoms with Crippen LogP contribution in [0.2, 0.25) is 0 Å². The normalized spacial score (nSPS) is 19.0. The largest absolute Gasteiger partial charge is 0.348 e. The van der Waals surface area contributed by atoms with Gasteiger partial charge in [-0.2, -0.15) is 17.0 Å². The topological polar surface area (TPSA) is 58.4 Å². The monoisotopic (exact) mass is 334 g/mol. The van der Waals surface area contributed by atoms with Crippen LogP contribution in [0.5, 0.6) is 0 Å². The molecule has 1 aliphatic heterocycles. The zero-order valence-electron chi connectivity index (χ0n) is 13.5. The van der Waals surface area contributed by atoms with Crippen molar-refractivity contribution >= 4 is 10.2 Å². The molecule has 2 aromatic rings. The lowest BCUT2D eigenvalue weighted by molar-refractivity contribution is 0.271. The number of rotatable bonds is 5. The van der Waals surface area contributed by atoms with Crippen molar-refractivity contribution in [3.8, 4) is 0 Å². The Morgan fingerprint density at radius 2 is 1.87 bits per heavy atom. The first-order valence-electron chi connectivity index (χ1n) is 7.91. The van der Waals surface area contributed by atoms with Crippen molar-refractivity contribution in [2.75, 3.05) is 19.6 Å². The summed E-state index contributed by atoms with van der Waals surface area (Å²) in [5, 5.41) is 0. The van der Waals surface area contributed by atoms with Gasteiger partial charge in [0.2, 0.25) is 0 Å². The lowest BCUT2D eigenvalue weighted by Crippen LogP contribution is -2.49. The summed E-state index contributed by atoms with van der Waals surface area (Å²) in [7, 11) is -3.51. The maximum atomic E-state index is 13.1. The number of pyridine rings is 1. The number of fused-ring (bicyclic) bond motifs is 1. The molecule has 2 aromatic heterocycles. The van der Waals surface area contributed by atoms with Gasteiger partial charge in [-0.05, 0) is 29.8 Å². The molecule has 0 aromatic carbocycles. The summed E-state index contributed by atoms with van der Waals surface area (Å²) in [6, 6.07) is 7.43. The van der Waals surface area contributed by atoms with Gasteiger partial charge in [0, 0.05) is 50.5 Å². The third-order valence-electron chi connectivity index (χ3n) is 4.34. The predicted octanol–water partition coefficient (Wildman–Crippen LogP) is 1.87. The number of hydrogen-bond acceptors (Lipinski definition) is 3. The molecule has 0 amide bonds. The van der Waals surface area contributed by atoms with E-state index in [9.17, 15) is 8.42 Å². The van der Waals surface area contributed by atoms with Crippen molar-refractivity contribution in [3.63, 3.8) is 0 Å². The summed E-state index contributed by atoms with van der Waals surface area (Å²) in [6.45, 7) is 5.82. The summed E-state index contributed by atoms with van der Waals surface area (Å²) in [6.07, 6.45) is 5.42. The first-order chi connectivity index (χ1) is 11.1. The molecule has 1 aliphatic rings. The minimum absolute atomic E-state index is 0.313. The van der Waals surface area contributed by atoms with E-state index in [2.05, 4.69) is 9.55 Å². The Kier molecular flexibility index (Phi) is 4.52. The maximum absolute atomic E-state index is 13.1. The van der Waals surface area contributed by atoms with Crippen molar-refractivity contribution in [2.24, 2.45) is 0 Å². The molecule has 0 saturated heterocycles. The van der Waals surface area contributed by atoms with E-state index < -0.39 is 10.2 Å². The van der Waals surface area contributed by atoms with Gasteiger partial charge in [0.1, 0.15) is 0 Å². The second-order valence-corrected chi connectivity index (χ2v) is 7.39. The molecule has 124 valence electrons. The summed E-state index contributed by atoms with van der Waals surface area (Å²) >= 11 is 0. The summed E-state index contributed by atoms with van der Waals surface area (Å²) < 4.78 is 31.4. The SMILES string of the molecule is CCN(CC)S(=O)(=O)N1CCn2cccc2C1c1ccncc1. The molecule has 0 aliphatic carbocycles. The molecule has 3 rings (SSSR count). The molecule has 0 spiro atoms. The standard InChI is InChI=1S/C16H22N4O2S/c1-3-19(4-2)23(21,22)20-13-12-18-11-5-6-15(18)16(20)14-7-9-17-10-8-14/h5-11,16H,3-4,12-13H2,1-2H3. The lowest BCUT2D eigenvalue weighted by Gasteiger charge is -2.38. The third-order valence-corrected chi connectivity index (χ3v) is 6.50. The molecule has 0 bridgehead atoms. The van der Waals surface area contributed by atoms with Gasteiger partial charge in [-0.3, -0.25) is 4.98 Å². The number of nitrogens with zero attached hydrogens (tertiary/aromatic N) is 4. The van der Waals surface area contributed by atoms with Crippen molar-refractivity contribution in [1.82, 2.24) is 18.2 Å². The highest BCUT2D eigenvalue weighted by atomic mass is 32.2. The van der Waals surface area contributed by atoms with E-state index in [0.717, 1.165) is 11.3 Å². The minimum atomic E-state index is -3.51. The number of hydrogen-bond donors (Lipinski definition) is 0. The van der Waals surface area contributed by atoms with Gasteiger partial charge >= 0.3 is 0 Å². The average molecular weight is 334 g/mol. The summed E-state index contributed by atoms with van der Waals surface area (Å²) in [5.74, 6) is 0. The van der Waals surface area contributed by atoms with Crippen LogP contribution in [0.15, 0.2) is 42.9 Å². The molecule has 6 nitrogen and oxygen atoms in total. The fourth-order valence-electron chi connectivity index (χ4n) is 3.19. The molecule has 3 heterocycles. The van der Waals surface area contributed by atoms with Gasteiger partial charge in [0.05, 0.1) is 6.04 Å². The van der Waals surface area contributed by atoms with Gasteiger partial charge in [0.25, 0.3) is 10.2 Å². The quantitative estimate of drug-likeness (QED) is 0.839. The van der Waals surface area contributed by atoms with Crippen molar-refractivity contribution in [1.29, 1.82) is 0 Å². The van der Waals surface area contributed by atoms with E-state index in [-0.39, 0.29) is 6.04 Å². The van der Waals surface area contributed by atoms with E-state index >= 15 is 0 Å². The van der Waals surface area contributed by atoms with Crippen LogP contribution < -0.4 is 0 Å². The molecule has 0 N–H and O–H groups in total. The van der Waals surface area contributed by atoms with Crippen LogP contribution >= 0.6 is 0 Å². The van der Waals surface area contributed by atoms with E-state index in [1.807, 2.05) is 44.3 Å². The number of aromatic nitrogens is 2. The van der Waals surface area contributed by atoms with Crippen LogP contribution in [0, 0.1) is 0 Å². The average Bonchev–Trinajstić information content (AvgIpc) is 3.04. The molecule has 0 fully saturated rings. The smallest absolute Gasteiger partial charge is 0.282 e. The zero-order valence-corrected chi connectivity index (χ0v) is 14.3. The first kappa shape index (κ1) is 16.2. The first-order valence-corrected chi connectivity index (χ1v) is 9.31. The Labute approximate surface area is 137 Å². The van der Waals surface area contributed by atoms with Crippen LogP contribution in [-0.2, 0) is 16.8 Å². The molecular weight excluding hydrogens is 312 g/mol. The fourth-order valence-corrected chi connectivity index (χ4v) is 4.95. The highest BCUT2D eigenvalue weighted by molar-refractivity contribution is 7.86. The predicted molar refractivity (Wildman–Crippen MR) is 89.1 cm³/mol. The molecule has 0 radical (unpaired) electrons. The van der Waals surface area contributed by atoms with Crippen molar-refractivity contribution in [2.45, 2.75) is 26.4 Å². The zero-order chi connectivity index (χ0) is 16.4. The van der Waals surface area contributed by atoms with Gasteiger partial charge in [0.15, 0.2) is 0 Å². The lowest BCUT2D eigenvalue weighted by atomic mass is 10.0. The van der Waals surface area contributed by atoms with Crippen molar-refractivity contribution in [3.05, 3.63) is 54.1 Å². The van der Waals surface area contributed by atoms with Crippen molar-refractivity contribution < 1.29 is 8.42 Å². The Bertz CT molecular complexity index is 753. The van der Waals surface area contributed by atoms with Gasteiger partial charge in [-0.15, -0.1) is 0 Å². The van der Waals surface area contributed by atoms with Crippen LogP contribution in [0.3, 0.4) is 0 Å². The van der Waals surface area contributed by atoms with E-state index in [1.165, 1.54) is 4.31 Å². The van der Waals surface area contributed by atoms with E-state index in [4.69, 9.17) is 0 Å². The highest BCUT2D eigenvalue weighted by Crippen LogP contribution is 2.34. The second kappa shape index (κ2) is 6.43. The van der Waals surface area contributed by atoms with Crippen LogP contribution in [0.1, 0.15) is 31.1 Å². The summed E-state index contributed by atoms with van der Waals surface area (Å²) in [4.78, 5) is 4.05. The molecule has 7 heteroatoms. The fraction of sp³-hybridized carbons (Fsp3) is 0.438.